The minimum absolute atomic E-state index is 0.0559. The normalized spacial score (nSPS) is 12.1. The molecule has 0 aliphatic heterocycles. The maximum atomic E-state index is 11.5. The van der Waals surface area contributed by atoms with Gasteiger partial charge in [0.25, 0.3) is 5.91 Å². The van der Waals surface area contributed by atoms with Crippen molar-refractivity contribution in [2.75, 3.05) is 6.54 Å². The maximum absolute atomic E-state index is 11.5. The average Bonchev–Trinajstić information content (AvgIpc) is 2.25. The fraction of sp³-hybridized carbons (Fsp3) is 0.455. The molecule has 1 aromatic heterocycles. The summed E-state index contributed by atoms with van der Waals surface area (Å²) in [5, 5.41) is 3.00. The smallest absolute Gasteiger partial charge is 0.251 e. The number of nitrogens with zero attached hydrogens (tertiary/aromatic N) is 1. The van der Waals surface area contributed by atoms with Crippen LogP contribution in [0.5, 0.6) is 0 Å². The predicted molar refractivity (Wildman–Crippen MR) is 61.1 cm³/mol. The largest absolute Gasteiger partial charge is 0.352 e. The van der Waals surface area contributed by atoms with Crippen molar-refractivity contribution in [3.63, 3.8) is 0 Å². The van der Waals surface area contributed by atoms with Gasteiger partial charge in [-0.15, -0.1) is 11.6 Å². The predicted octanol–water partition coefficient (Wildman–Crippen LogP) is 2.22. The Kier molecular flexibility index (Phi) is 5.12. The first-order chi connectivity index (χ1) is 7.20. The van der Waals surface area contributed by atoms with Gasteiger partial charge in [-0.25, -0.2) is 0 Å². The molecule has 1 unspecified atom stereocenters. The van der Waals surface area contributed by atoms with E-state index in [-0.39, 0.29) is 11.3 Å². The molecule has 1 amide bonds. The Balaban J connectivity index is 2.25. The highest BCUT2D eigenvalue weighted by atomic mass is 35.5. The number of alkyl halides is 1. The van der Waals surface area contributed by atoms with Gasteiger partial charge in [0.05, 0.1) is 0 Å². The van der Waals surface area contributed by atoms with Crippen LogP contribution in [0.25, 0.3) is 0 Å². The van der Waals surface area contributed by atoms with Crippen molar-refractivity contribution < 1.29 is 4.79 Å². The first-order valence-corrected chi connectivity index (χ1v) is 5.46. The van der Waals surface area contributed by atoms with Gasteiger partial charge in [-0.2, -0.15) is 0 Å². The summed E-state index contributed by atoms with van der Waals surface area (Å²) < 4.78 is 0. The first kappa shape index (κ1) is 12.0. The lowest BCUT2D eigenvalue weighted by Crippen LogP contribution is -2.24. The van der Waals surface area contributed by atoms with Crippen molar-refractivity contribution >= 4 is 17.5 Å². The molecule has 0 saturated heterocycles. The second-order valence-corrected chi connectivity index (χ2v) is 4.16. The van der Waals surface area contributed by atoms with Gasteiger partial charge in [-0.1, -0.05) is 0 Å². The van der Waals surface area contributed by atoms with Crippen LogP contribution in [0.4, 0.5) is 0 Å². The van der Waals surface area contributed by atoms with Gasteiger partial charge >= 0.3 is 0 Å². The standard InChI is InChI=1S/C11H15ClN2O/c1-9(12)3-2-6-14-11(15)10-4-7-13-8-5-10/h4-5,7-9H,2-3,6H2,1H3,(H,14,15). The van der Waals surface area contributed by atoms with Gasteiger partial charge in [0, 0.05) is 29.9 Å². The molecule has 0 aromatic carbocycles. The molecule has 15 heavy (non-hydrogen) atoms. The molecule has 1 heterocycles. The summed E-state index contributed by atoms with van der Waals surface area (Å²) >= 11 is 5.79. The SMILES string of the molecule is CC(Cl)CCCNC(=O)c1ccncc1. The zero-order chi connectivity index (χ0) is 11.1. The molecule has 0 bridgehead atoms. The molecule has 1 rings (SSSR count). The molecule has 0 aliphatic carbocycles. The summed E-state index contributed by atoms with van der Waals surface area (Å²) in [4.78, 5) is 15.4. The Morgan fingerprint density at radius 3 is 2.80 bits per heavy atom. The zero-order valence-electron chi connectivity index (χ0n) is 8.74. The lowest BCUT2D eigenvalue weighted by atomic mass is 10.2. The first-order valence-electron chi connectivity index (χ1n) is 5.02. The molecule has 1 N–H and O–H groups in total. The van der Waals surface area contributed by atoms with E-state index in [2.05, 4.69) is 10.3 Å². The lowest BCUT2D eigenvalue weighted by Gasteiger charge is -2.05. The van der Waals surface area contributed by atoms with Crippen molar-refractivity contribution in [3.8, 4) is 0 Å². The monoisotopic (exact) mass is 226 g/mol. The van der Waals surface area contributed by atoms with Crippen LogP contribution in [-0.2, 0) is 0 Å². The fourth-order valence-corrected chi connectivity index (χ4v) is 1.34. The third-order valence-corrected chi connectivity index (χ3v) is 2.22. The van der Waals surface area contributed by atoms with Crippen molar-refractivity contribution in [2.24, 2.45) is 0 Å². The lowest BCUT2D eigenvalue weighted by molar-refractivity contribution is 0.0953. The van der Waals surface area contributed by atoms with Crippen LogP contribution in [0.1, 0.15) is 30.1 Å². The van der Waals surface area contributed by atoms with Crippen LogP contribution in [0.15, 0.2) is 24.5 Å². The minimum Gasteiger partial charge on any atom is -0.352 e. The number of nitrogens with one attached hydrogen (secondary N) is 1. The van der Waals surface area contributed by atoms with E-state index < -0.39 is 0 Å². The van der Waals surface area contributed by atoms with E-state index in [1.54, 1.807) is 24.5 Å². The molecule has 4 heteroatoms. The Labute approximate surface area is 94.9 Å². The molecule has 0 spiro atoms. The van der Waals surface area contributed by atoms with Crippen LogP contribution < -0.4 is 5.32 Å². The van der Waals surface area contributed by atoms with Crippen LogP contribution in [0, 0.1) is 0 Å². The fourth-order valence-electron chi connectivity index (χ4n) is 1.19. The number of hydrogen-bond donors (Lipinski definition) is 1. The van der Waals surface area contributed by atoms with E-state index in [1.807, 2.05) is 6.92 Å². The number of pyridine rings is 1. The Morgan fingerprint density at radius 1 is 1.53 bits per heavy atom. The summed E-state index contributed by atoms with van der Waals surface area (Å²) in [5.41, 5.74) is 0.643. The van der Waals surface area contributed by atoms with Crippen LogP contribution in [0.3, 0.4) is 0 Å². The van der Waals surface area contributed by atoms with Gasteiger partial charge in [-0.05, 0) is 31.9 Å². The van der Waals surface area contributed by atoms with Gasteiger partial charge < -0.3 is 5.32 Å². The molecule has 0 saturated carbocycles. The quantitative estimate of drug-likeness (QED) is 0.618. The van der Waals surface area contributed by atoms with Crippen molar-refractivity contribution in [1.82, 2.24) is 10.3 Å². The summed E-state index contributed by atoms with van der Waals surface area (Å²) in [6, 6.07) is 3.39. The van der Waals surface area contributed by atoms with E-state index in [9.17, 15) is 4.79 Å². The van der Waals surface area contributed by atoms with Crippen molar-refractivity contribution in [2.45, 2.75) is 25.1 Å². The number of amides is 1. The molecular weight excluding hydrogens is 212 g/mol. The molecular formula is C11H15ClN2O. The van der Waals surface area contributed by atoms with E-state index >= 15 is 0 Å². The molecule has 1 aromatic rings. The second-order valence-electron chi connectivity index (χ2n) is 3.41. The Bertz CT molecular complexity index is 301. The molecule has 0 fully saturated rings. The number of rotatable bonds is 5. The van der Waals surface area contributed by atoms with E-state index in [0.717, 1.165) is 12.8 Å². The van der Waals surface area contributed by atoms with E-state index in [4.69, 9.17) is 11.6 Å². The minimum atomic E-state index is -0.0559. The number of carbonyl (C=O) groups excluding carboxylic acids is 1. The summed E-state index contributed by atoms with van der Waals surface area (Å²) in [6.07, 6.45) is 5.03. The topological polar surface area (TPSA) is 42.0 Å². The van der Waals surface area contributed by atoms with Crippen molar-refractivity contribution in [3.05, 3.63) is 30.1 Å². The van der Waals surface area contributed by atoms with Crippen LogP contribution in [0.2, 0.25) is 0 Å². The number of carbonyl (C=O) groups is 1. The number of aromatic nitrogens is 1. The third kappa shape index (κ3) is 4.79. The van der Waals surface area contributed by atoms with Gasteiger partial charge in [0.15, 0.2) is 0 Å². The maximum Gasteiger partial charge on any atom is 0.251 e. The van der Waals surface area contributed by atoms with E-state index in [0.29, 0.717) is 12.1 Å². The van der Waals surface area contributed by atoms with Gasteiger partial charge in [-0.3, -0.25) is 9.78 Å². The Hall–Kier alpha value is -1.09. The third-order valence-electron chi connectivity index (χ3n) is 2.01. The summed E-state index contributed by atoms with van der Waals surface area (Å²) in [7, 11) is 0. The summed E-state index contributed by atoms with van der Waals surface area (Å²) in [6.45, 7) is 2.62. The number of halogens is 1. The zero-order valence-corrected chi connectivity index (χ0v) is 9.50. The molecule has 0 aliphatic rings. The highest BCUT2D eigenvalue weighted by molar-refractivity contribution is 6.20. The highest BCUT2D eigenvalue weighted by Crippen LogP contribution is 2.02. The number of hydrogen-bond acceptors (Lipinski definition) is 2. The van der Waals surface area contributed by atoms with Gasteiger partial charge in [0.2, 0.25) is 0 Å². The highest BCUT2D eigenvalue weighted by Gasteiger charge is 2.03. The summed E-state index contributed by atoms with van der Waals surface area (Å²) in [5.74, 6) is -0.0559. The van der Waals surface area contributed by atoms with E-state index in [1.165, 1.54) is 0 Å². The van der Waals surface area contributed by atoms with Crippen LogP contribution in [-0.4, -0.2) is 22.8 Å². The second kappa shape index (κ2) is 6.40. The Morgan fingerprint density at radius 2 is 2.20 bits per heavy atom. The molecule has 82 valence electrons. The molecule has 0 radical (unpaired) electrons. The van der Waals surface area contributed by atoms with Crippen molar-refractivity contribution in [1.29, 1.82) is 0 Å². The average molecular weight is 227 g/mol. The van der Waals surface area contributed by atoms with Crippen LogP contribution >= 0.6 is 11.6 Å². The molecule has 1 atom stereocenters. The van der Waals surface area contributed by atoms with Gasteiger partial charge in [0.1, 0.15) is 0 Å². The molecule has 3 nitrogen and oxygen atoms in total.